The molecular formula is C15H14ClIN2O2. The van der Waals surface area contributed by atoms with Gasteiger partial charge in [-0.1, -0.05) is 11.6 Å². The van der Waals surface area contributed by atoms with E-state index in [0.717, 1.165) is 9.26 Å². The van der Waals surface area contributed by atoms with Crippen molar-refractivity contribution in [2.24, 2.45) is 0 Å². The van der Waals surface area contributed by atoms with Crippen LogP contribution in [0.5, 0.6) is 0 Å². The van der Waals surface area contributed by atoms with Gasteiger partial charge >= 0.3 is 5.97 Å². The lowest BCUT2D eigenvalue weighted by Crippen LogP contribution is -2.09. The summed E-state index contributed by atoms with van der Waals surface area (Å²) in [5.41, 5.74) is 7.81. The zero-order chi connectivity index (χ0) is 15.4. The summed E-state index contributed by atoms with van der Waals surface area (Å²) in [6, 6.07) is 10.9. The minimum atomic E-state index is -0.459. The van der Waals surface area contributed by atoms with E-state index in [1.54, 1.807) is 19.1 Å². The lowest BCUT2D eigenvalue weighted by molar-refractivity contribution is 0.0527. The van der Waals surface area contributed by atoms with Gasteiger partial charge in [0.15, 0.2) is 0 Å². The van der Waals surface area contributed by atoms with Crippen LogP contribution in [0.4, 0.5) is 17.1 Å². The van der Waals surface area contributed by atoms with Gasteiger partial charge in [-0.05, 0) is 65.9 Å². The van der Waals surface area contributed by atoms with Crippen LogP contribution in [0.15, 0.2) is 36.4 Å². The number of hydrogen-bond acceptors (Lipinski definition) is 4. The Hall–Kier alpha value is -1.47. The normalized spacial score (nSPS) is 10.2. The Morgan fingerprint density at radius 1 is 1.33 bits per heavy atom. The topological polar surface area (TPSA) is 64.3 Å². The molecule has 0 amide bonds. The number of rotatable bonds is 4. The summed E-state index contributed by atoms with van der Waals surface area (Å²) in [4.78, 5) is 12.0. The molecule has 0 saturated heterocycles. The van der Waals surface area contributed by atoms with Crippen LogP contribution in [0.3, 0.4) is 0 Å². The Morgan fingerprint density at radius 3 is 2.62 bits per heavy atom. The van der Waals surface area contributed by atoms with Crippen LogP contribution >= 0.6 is 34.2 Å². The van der Waals surface area contributed by atoms with E-state index in [1.165, 1.54) is 0 Å². The summed E-state index contributed by atoms with van der Waals surface area (Å²) in [5.74, 6) is -0.459. The molecule has 0 aliphatic heterocycles. The molecule has 0 spiro atoms. The summed E-state index contributed by atoms with van der Waals surface area (Å²) >= 11 is 8.43. The number of benzene rings is 2. The molecule has 0 saturated carbocycles. The Labute approximate surface area is 141 Å². The van der Waals surface area contributed by atoms with Crippen molar-refractivity contribution in [1.82, 2.24) is 0 Å². The van der Waals surface area contributed by atoms with Crippen LogP contribution in [-0.2, 0) is 4.74 Å². The fraction of sp³-hybridized carbons (Fsp3) is 0.133. The molecule has 3 N–H and O–H groups in total. The number of hydrogen-bond donors (Lipinski definition) is 2. The maximum atomic E-state index is 12.0. The van der Waals surface area contributed by atoms with Gasteiger partial charge in [0, 0.05) is 14.9 Å². The standard InChI is InChI=1S/C15H14ClIN2O2/c1-2-21-15(20)12-7-10(18)8-13(16)14(12)19-11-5-3-9(17)4-6-11/h3-8,19H,2,18H2,1H3. The molecule has 2 aromatic rings. The Bertz CT molecular complexity index is 659. The summed E-state index contributed by atoms with van der Waals surface area (Å²) in [6.07, 6.45) is 0. The number of carbonyl (C=O) groups excluding carboxylic acids is 1. The smallest absolute Gasteiger partial charge is 0.340 e. The van der Waals surface area contributed by atoms with Gasteiger partial charge < -0.3 is 15.8 Å². The molecule has 0 unspecified atom stereocenters. The molecule has 110 valence electrons. The van der Waals surface area contributed by atoms with Crippen LogP contribution < -0.4 is 11.1 Å². The highest BCUT2D eigenvalue weighted by Crippen LogP contribution is 2.32. The molecule has 0 fully saturated rings. The lowest BCUT2D eigenvalue weighted by atomic mass is 10.1. The first-order valence-corrected chi connectivity index (χ1v) is 7.75. The van der Waals surface area contributed by atoms with Crippen molar-refractivity contribution in [3.05, 3.63) is 50.6 Å². The van der Waals surface area contributed by atoms with Crippen LogP contribution in [0.1, 0.15) is 17.3 Å². The maximum absolute atomic E-state index is 12.0. The van der Waals surface area contributed by atoms with Crippen molar-refractivity contribution in [2.75, 3.05) is 17.7 Å². The monoisotopic (exact) mass is 416 g/mol. The van der Waals surface area contributed by atoms with E-state index in [0.29, 0.717) is 22.0 Å². The van der Waals surface area contributed by atoms with Gasteiger partial charge in [0.05, 0.1) is 22.9 Å². The average molecular weight is 417 g/mol. The molecule has 4 nitrogen and oxygen atoms in total. The van der Waals surface area contributed by atoms with Gasteiger partial charge in [-0.3, -0.25) is 0 Å². The van der Waals surface area contributed by atoms with E-state index < -0.39 is 5.97 Å². The number of nitrogens with one attached hydrogen (secondary N) is 1. The number of nitrogens with two attached hydrogens (primary N) is 1. The van der Waals surface area contributed by atoms with Gasteiger partial charge in [0.25, 0.3) is 0 Å². The maximum Gasteiger partial charge on any atom is 0.340 e. The van der Waals surface area contributed by atoms with Gasteiger partial charge in [-0.2, -0.15) is 0 Å². The third-order valence-corrected chi connectivity index (χ3v) is 3.74. The first-order chi connectivity index (χ1) is 10.0. The van der Waals surface area contributed by atoms with Crippen molar-refractivity contribution in [1.29, 1.82) is 0 Å². The third kappa shape index (κ3) is 4.01. The SMILES string of the molecule is CCOC(=O)c1cc(N)cc(Cl)c1Nc1ccc(I)cc1. The van der Waals surface area contributed by atoms with Gasteiger partial charge in [-0.15, -0.1) is 0 Å². The van der Waals surface area contributed by atoms with Crippen LogP contribution in [-0.4, -0.2) is 12.6 Å². The first-order valence-electron chi connectivity index (χ1n) is 6.30. The molecule has 2 rings (SSSR count). The zero-order valence-corrected chi connectivity index (χ0v) is 14.2. The minimum absolute atomic E-state index is 0.286. The van der Waals surface area contributed by atoms with Crippen molar-refractivity contribution in [3.63, 3.8) is 0 Å². The second-order valence-electron chi connectivity index (χ2n) is 4.28. The van der Waals surface area contributed by atoms with E-state index >= 15 is 0 Å². The highest BCUT2D eigenvalue weighted by Gasteiger charge is 2.17. The Kier molecular flexibility index (Phi) is 5.30. The molecule has 0 aromatic heterocycles. The fourth-order valence-electron chi connectivity index (χ4n) is 1.80. The van der Waals surface area contributed by atoms with E-state index in [9.17, 15) is 4.79 Å². The van der Waals surface area contributed by atoms with Crippen LogP contribution in [0.25, 0.3) is 0 Å². The molecule has 0 aliphatic carbocycles. The predicted octanol–water partition coefficient (Wildman–Crippen LogP) is 4.45. The van der Waals surface area contributed by atoms with Gasteiger partial charge in [0.2, 0.25) is 0 Å². The summed E-state index contributed by atoms with van der Waals surface area (Å²) in [7, 11) is 0. The number of carbonyl (C=O) groups is 1. The lowest BCUT2D eigenvalue weighted by Gasteiger charge is -2.14. The number of esters is 1. The Morgan fingerprint density at radius 2 is 2.00 bits per heavy atom. The fourth-order valence-corrected chi connectivity index (χ4v) is 2.44. The summed E-state index contributed by atoms with van der Waals surface area (Å²) < 4.78 is 6.16. The highest BCUT2D eigenvalue weighted by atomic mass is 127. The summed E-state index contributed by atoms with van der Waals surface area (Å²) in [5, 5.41) is 3.51. The van der Waals surface area contributed by atoms with Crippen molar-refractivity contribution in [3.8, 4) is 0 Å². The second-order valence-corrected chi connectivity index (χ2v) is 5.93. The number of nitrogen functional groups attached to an aromatic ring is 1. The van der Waals surface area contributed by atoms with E-state index in [4.69, 9.17) is 22.1 Å². The molecular weight excluding hydrogens is 403 g/mol. The number of ether oxygens (including phenoxy) is 1. The average Bonchev–Trinajstić information content (AvgIpc) is 2.44. The molecule has 0 radical (unpaired) electrons. The molecule has 6 heteroatoms. The van der Waals surface area contributed by atoms with Gasteiger partial charge in [-0.25, -0.2) is 4.79 Å². The van der Waals surface area contributed by atoms with E-state index in [1.807, 2.05) is 24.3 Å². The highest BCUT2D eigenvalue weighted by molar-refractivity contribution is 14.1. The van der Waals surface area contributed by atoms with Crippen LogP contribution in [0.2, 0.25) is 5.02 Å². The minimum Gasteiger partial charge on any atom is -0.462 e. The van der Waals surface area contributed by atoms with Crippen molar-refractivity contribution < 1.29 is 9.53 Å². The van der Waals surface area contributed by atoms with E-state index in [2.05, 4.69) is 27.9 Å². The predicted molar refractivity (Wildman–Crippen MR) is 94.3 cm³/mol. The Balaban J connectivity index is 2.41. The van der Waals surface area contributed by atoms with Crippen molar-refractivity contribution >= 4 is 57.2 Å². The molecule has 0 atom stereocenters. The largest absolute Gasteiger partial charge is 0.462 e. The third-order valence-electron chi connectivity index (χ3n) is 2.72. The second kappa shape index (κ2) is 7.00. The number of anilines is 3. The molecule has 21 heavy (non-hydrogen) atoms. The molecule has 0 heterocycles. The summed E-state index contributed by atoms with van der Waals surface area (Å²) in [6.45, 7) is 2.03. The quantitative estimate of drug-likeness (QED) is 0.439. The molecule has 0 aliphatic rings. The van der Waals surface area contributed by atoms with Crippen LogP contribution in [0, 0.1) is 3.57 Å². The molecule has 0 bridgehead atoms. The van der Waals surface area contributed by atoms with Crippen molar-refractivity contribution in [2.45, 2.75) is 6.92 Å². The zero-order valence-electron chi connectivity index (χ0n) is 11.3. The number of halogens is 2. The molecule has 2 aromatic carbocycles. The van der Waals surface area contributed by atoms with Gasteiger partial charge in [0.1, 0.15) is 0 Å². The first kappa shape index (κ1) is 15.9. The van der Waals surface area contributed by atoms with E-state index in [-0.39, 0.29) is 6.61 Å².